The van der Waals surface area contributed by atoms with Crippen molar-refractivity contribution >= 4 is 11.8 Å². The van der Waals surface area contributed by atoms with E-state index in [9.17, 15) is 30.0 Å². The predicted molar refractivity (Wildman–Crippen MR) is 179 cm³/mol. The van der Waals surface area contributed by atoms with Crippen LogP contribution >= 0.6 is 0 Å². The molecular weight excluding hydrogens is 654 g/mol. The highest BCUT2D eigenvalue weighted by Crippen LogP contribution is 2.49. The molecule has 0 bridgehead atoms. The van der Waals surface area contributed by atoms with Crippen LogP contribution in [0.2, 0.25) is 0 Å². The molecule has 0 aromatic carbocycles. The largest absolute Gasteiger partial charge is 0.459 e. The van der Waals surface area contributed by atoms with Crippen molar-refractivity contribution < 1.29 is 63.2 Å². The van der Waals surface area contributed by atoms with Crippen molar-refractivity contribution in [2.75, 3.05) is 21.2 Å². The molecule has 290 valence electrons. The lowest BCUT2D eigenvalue weighted by Gasteiger charge is -2.48. The molecule has 0 spiro atoms. The molecule has 4 saturated heterocycles. The summed E-state index contributed by atoms with van der Waals surface area (Å²) in [5.41, 5.74) is -3.74. The normalized spacial score (nSPS) is 51.1. The van der Waals surface area contributed by atoms with Crippen LogP contribution in [-0.4, -0.2) is 143 Å². The number of ketones is 1. The number of carbonyl (C=O) groups excluding carboxylic acids is 2. The number of carbonyl (C=O) groups is 2. The molecule has 0 radical (unpaired) electrons. The number of Topliss-reactive ketones (excluding diaryl/α,β-unsaturated/α-hetero) is 1. The molecule has 4 fully saturated rings. The molecule has 0 aromatic heterocycles. The van der Waals surface area contributed by atoms with E-state index in [4.69, 9.17) is 33.2 Å². The van der Waals surface area contributed by atoms with Gasteiger partial charge in [0.25, 0.3) is 0 Å². The molecule has 0 aromatic rings. The van der Waals surface area contributed by atoms with E-state index in [0.717, 1.165) is 0 Å². The number of aliphatic hydroxyl groups is 4. The van der Waals surface area contributed by atoms with E-state index in [0.29, 0.717) is 6.42 Å². The smallest absolute Gasteiger partial charge is 0.311 e. The minimum atomic E-state index is -1.97. The van der Waals surface area contributed by atoms with Crippen molar-refractivity contribution in [3.05, 3.63) is 0 Å². The molecule has 14 heteroatoms. The molecule has 4 N–H and O–H groups in total. The second kappa shape index (κ2) is 15.6. The Morgan fingerprint density at radius 1 is 0.940 bits per heavy atom. The standard InChI is InChI=1S/C36H63NO13/c1-13-24-35(9,43)29(40)19(4)26(38)17(2)15-34(8,42)30(49-33-27(39)23(37(10)11)14-18(3)45-33)20(5)28(21(6)32(41)47-24)48-25-16-36(44-12)31(50-36)22(7)46-25/h17-25,27-31,33,39-40,42-43H,13-16H2,1-12H3/t17-,18?,19+,20+,21-,22?,23?,24-,25+,27?,28+,29-,30-,31+,33+,34-,35-,36?/m1/s1. The van der Waals surface area contributed by atoms with Gasteiger partial charge in [-0.25, -0.2) is 0 Å². The van der Waals surface area contributed by atoms with Crippen molar-refractivity contribution in [3.63, 3.8) is 0 Å². The molecule has 50 heavy (non-hydrogen) atoms. The van der Waals surface area contributed by atoms with Gasteiger partial charge in [0, 0.05) is 30.9 Å². The number of fused-ring (bicyclic) bond motifs is 1. The zero-order valence-electron chi connectivity index (χ0n) is 31.9. The molecule has 18 atom stereocenters. The summed E-state index contributed by atoms with van der Waals surface area (Å²) in [5.74, 6) is -5.71. The third-order valence-corrected chi connectivity index (χ3v) is 11.6. The van der Waals surface area contributed by atoms with Crippen LogP contribution in [0.5, 0.6) is 0 Å². The van der Waals surface area contributed by atoms with E-state index in [1.54, 1.807) is 34.8 Å². The highest BCUT2D eigenvalue weighted by Gasteiger charge is 2.65. The first-order valence-electron chi connectivity index (χ1n) is 18.2. The number of rotatable bonds is 7. The monoisotopic (exact) mass is 717 g/mol. The summed E-state index contributed by atoms with van der Waals surface area (Å²) in [4.78, 5) is 29.7. The van der Waals surface area contributed by atoms with Gasteiger partial charge in [0.15, 0.2) is 12.6 Å². The first kappa shape index (κ1) is 41.5. The van der Waals surface area contributed by atoms with Gasteiger partial charge in [0.05, 0.1) is 48.5 Å². The quantitative estimate of drug-likeness (QED) is 0.221. The number of epoxide rings is 1. The maximum atomic E-state index is 14.0. The molecule has 4 heterocycles. The van der Waals surface area contributed by atoms with Gasteiger partial charge < -0.3 is 58.5 Å². The SMILES string of the molecule is CC[C@H]1OC(=O)[C@H](C)[C@@H](O[C@H]2CC3(OC)O[C@H]3C(C)O2)[C@H](C)[C@@H](O[C@@H]2OC(C)CC(N(C)C)C2O)[C@](C)(O)C[C@@H](C)C(=O)[C@H](C)[C@@H](O)[C@]1(C)O. The Morgan fingerprint density at radius 3 is 2.16 bits per heavy atom. The Bertz CT molecular complexity index is 1180. The minimum absolute atomic E-state index is 0.114. The second-order valence-corrected chi connectivity index (χ2v) is 16.1. The van der Waals surface area contributed by atoms with Gasteiger partial charge in [0.2, 0.25) is 5.79 Å². The minimum Gasteiger partial charge on any atom is -0.459 e. The molecular formula is C36H63NO13. The van der Waals surface area contributed by atoms with E-state index >= 15 is 0 Å². The highest BCUT2D eigenvalue weighted by molar-refractivity contribution is 5.83. The van der Waals surface area contributed by atoms with Crippen molar-refractivity contribution in [2.24, 2.45) is 23.7 Å². The lowest BCUT2D eigenvalue weighted by atomic mass is 9.74. The zero-order valence-corrected chi connectivity index (χ0v) is 31.9. The Morgan fingerprint density at radius 2 is 1.58 bits per heavy atom. The summed E-state index contributed by atoms with van der Waals surface area (Å²) < 4.78 is 43.0. The summed E-state index contributed by atoms with van der Waals surface area (Å²) in [5, 5.41) is 46.7. The van der Waals surface area contributed by atoms with Crippen LogP contribution in [-0.2, 0) is 42.7 Å². The maximum Gasteiger partial charge on any atom is 0.311 e. The van der Waals surface area contributed by atoms with Gasteiger partial charge in [-0.1, -0.05) is 27.7 Å². The van der Waals surface area contributed by atoms with Crippen molar-refractivity contribution in [1.29, 1.82) is 0 Å². The number of cyclic esters (lactones) is 1. The van der Waals surface area contributed by atoms with Crippen LogP contribution in [0.1, 0.15) is 88.0 Å². The highest BCUT2D eigenvalue weighted by atomic mass is 16.8. The van der Waals surface area contributed by atoms with Crippen LogP contribution < -0.4 is 0 Å². The van der Waals surface area contributed by atoms with Gasteiger partial charge in [-0.2, -0.15) is 0 Å². The Kier molecular flexibility index (Phi) is 12.9. The maximum absolute atomic E-state index is 14.0. The van der Waals surface area contributed by atoms with Crippen LogP contribution in [0, 0.1) is 23.7 Å². The van der Waals surface area contributed by atoms with Crippen LogP contribution in [0.4, 0.5) is 0 Å². The number of nitrogens with zero attached hydrogens (tertiary/aromatic N) is 1. The molecule has 5 unspecified atom stereocenters. The number of ether oxygens (including phenoxy) is 7. The van der Waals surface area contributed by atoms with E-state index < -0.39 is 95.5 Å². The number of aliphatic hydroxyl groups excluding tert-OH is 2. The summed E-state index contributed by atoms with van der Waals surface area (Å²) in [6.07, 6.45) is -8.24. The fourth-order valence-electron chi connectivity index (χ4n) is 8.53. The van der Waals surface area contributed by atoms with Gasteiger partial charge in [-0.05, 0) is 68.0 Å². The molecule has 0 saturated carbocycles. The molecule has 4 rings (SSSR count). The van der Waals surface area contributed by atoms with E-state index in [2.05, 4.69) is 0 Å². The van der Waals surface area contributed by atoms with Crippen molar-refractivity contribution in [3.8, 4) is 0 Å². The topological polar surface area (TPSA) is 186 Å². The Hall–Kier alpha value is -1.30. The van der Waals surface area contributed by atoms with E-state index in [1.165, 1.54) is 20.8 Å². The number of esters is 1. The Balaban J connectivity index is 1.80. The second-order valence-electron chi connectivity index (χ2n) is 16.1. The van der Waals surface area contributed by atoms with Gasteiger partial charge in [0.1, 0.15) is 29.7 Å². The van der Waals surface area contributed by atoms with E-state index in [-0.39, 0.29) is 43.6 Å². The molecule has 4 aliphatic rings. The van der Waals surface area contributed by atoms with Gasteiger partial charge in [-0.3, -0.25) is 9.59 Å². The van der Waals surface area contributed by atoms with E-state index in [1.807, 2.05) is 32.8 Å². The molecule has 0 amide bonds. The average molecular weight is 718 g/mol. The predicted octanol–water partition coefficient (Wildman–Crippen LogP) is 1.76. The number of hydrogen-bond donors (Lipinski definition) is 4. The zero-order chi connectivity index (χ0) is 37.7. The molecule has 0 aliphatic carbocycles. The summed E-state index contributed by atoms with van der Waals surface area (Å²) in [6.45, 7) is 14.9. The van der Waals surface area contributed by atoms with Gasteiger partial charge >= 0.3 is 5.97 Å². The number of likely N-dealkylation sites (N-methyl/N-ethyl adjacent to an activating group) is 1. The molecule has 4 aliphatic heterocycles. The fraction of sp³-hybridized carbons (Fsp3) is 0.944. The number of methoxy groups -OCH3 is 1. The third-order valence-electron chi connectivity index (χ3n) is 11.6. The van der Waals surface area contributed by atoms with Crippen LogP contribution in [0.25, 0.3) is 0 Å². The van der Waals surface area contributed by atoms with Crippen LogP contribution in [0.3, 0.4) is 0 Å². The third kappa shape index (κ3) is 8.25. The first-order valence-corrected chi connectivity index (χ1v) is 18.2. The Labute approximate surface area is 297 Å². The van der Waals surface area contributed by atoms with Crippen LogP contribution in [0.15, 0.2) is 0 Å². The molecule has 14 nitrogen and oxygen atoms in total. The summed E-state index contributed by atoms with van der Waals surface area (Å²) >= 11 is 0. The van der Waals surface area contributed by atoms with Crippen molar-refractivity contribution in [2.45, 2.75) is 172 Å². The fourth-order valence-corrected chi connectivity index (χ4v) is 8.53. The summed E-state index contributed by atoms with van der Waals surface area (Å²) in [7, 11) is 5.26. The lowest BCUT2D eigenvalue weighted by molar-refractivity contribution is -0.307. The van der Waals surface area contributed by atoms with Crippen molar-refractivity contribution in [1.82, 2.24) is 4.90 Å². The number of hydrogen-bond acceptors (Lipinski definition) is 14. The average Bonchev–Trinajstić information content (AvgIpc) is 3.79. The van der Waals surface area contributed by atoms with Gasteiger partial charge in [-0.15, -0.1) is 0 Å². The first-order chi connectivity index (χ1) is 23.1. The summed E-state index contributed by atoms with van der Waals surface area (Å²) in [6, 6.07) is -0.307. The lowest BCUT2D eigenvalue weighted by Crippen LogP contribution is -2.60.